The Labute approximate surface area is 82.7 Å². The zero-order valence-electron chi connectivity index (χ0n) is 8.51. The van der Waals surface area contributed by atoms with E-state index in [1.807, 2.05) is 5.37 Å². The Morgan fingerprint density at radius 1 is 1.17 bits per heavy atom. The molecule has 0 radical (unpaired) electrons. The molecule has 0 bridgehead atoms. The van der Waals surface area contributed by atoms with Gasteiger partial charge in [0.25, 0.3) is 0 Å². The molecule has 0 spiro atoms. The molecule has 12 heavy (non-hydrogen) atoms. The fourth-order valence-electron chi connectivity index (χ4n) is 1.42. The molecule has 72 valence electrons. The van der Waals surface area contributed by atoms with E-state index in [9.17, 15) is 0 Å². The summed E-state index contributed by atoms with van der Waals surface area (Å²) in [6.07, 6.45) is 9.31. The quantitative estimate of drug-likeness (QED) is 0.400. The van der Waals surface area contributed by atoms with Crippen molar-refractivity contribution < 1.29 is 0 Å². The lowest BCUT2D eigenvalue weighted by atomic mass is 9.98. The number of rotatable bonds is 8. The van der Waals surface area contributed by atoms with Gasteiger partial charge >= 0.3 is 0 Å². The Balaban J connectivity index is 3.07. The van der Waals surface area contributed by atoms with Gasteiger partial charge in [0, 0.05) is 0 Å². The van der Waals surface area contributed by atoms with Crippen LogP contribution in [0.4, 0.5) is 0 Å². The summed E-state index contributed by atoms with van der Waals surface area (Å²) in [4.78, 5) is 0. The lowest BCUT2D eigenvalue weighted by molar-refractivity contribution is 0.452. The van der Waals surface area contributed by atoms with Crippen molar-refractivity contribution in [2.45, 2.75) is 58.8 Å². The zero-order valence-corrected chi connectivity index (χ0v) is 9.33. The summed E-state index contributed by atoms with van der Waals surface area (Å²) < 4.78 is 0. The van der Waals surface area contributed by atoms with Crippen LogP contribution in [-0.2, 0) is 0 Å². The van der Waals surface area contributed by atoms with Crippen LogP contribution in [0.1, 0.15) is 58.8 Å². The lowest BCUT2D eigenvalue weighted by Gasteiger charge is -2.09. The highest BCUT2D eigenvalue weighted by Gasteiger charge is 1.99. The minimum absolute atomic E-state index is 0.926. The molecular formula is C11H22S. The van der Waals surface area contributed by atoms with E-state index in [1.165, 1.54) is 38.5 Å². The summed E-state index contributed by atoms with van der Waals surface area (Å²) in [5, 5.41) is 1.86. The highest BCUT2D eigenvalue weighted by molar-refractivity contribution is 7.78. The largest absolute Gasteiger partial charge is 0.0935 e. The van der Waals surface area contributed by atoms with Crippen molar-refractivity contribution in [1.82, 2.24) is 0 Å². The van der Waals surface area contributed by atoms with Crippen LogP contribution in [-0.4, -0.2) is 5.37 Å². The van der Waals surface area contributed by atoms with E-state index in [0.717, 1.165) is 12.3 Å². The van der Waals surface area contributed by atoms with Crippen LogP contribution in [0.15, 0.2) is 0 Å². The summed E-state index contributed by atoms with van der Waals surface area (Å²) in [5.41, 5.74) is 0. The summed E-state index contributed by atoms with van der Waals surface area (Å²) in [6.45, 7) is 4.63. The predicted octanol–water partition coefficient (Wildman–Crippen LogP) is 4.37. The lowest BCUT2D eigenvalue weighted by Crippen LogP contribution is -1.94. The SMILES string of the molecule is CCCC[C@@H](C)CCCCC=S. The maximum atomic E-state index is 4.78. The van der Waals surface area contributed by atoms with Gasteiger partial charge < -0.3 is 0 Å². The normalized spacial score (nSPS) is 12.8. The number of thiocarbonyl (C=S) groups is 1. The molecule has 0 rings (SSSR count). The van der Waals surface area contributed by atoms with Crippen molar-refractivity contribution in [3.05, 3.63) is 0 Å². The van der Waals surface area contributed by atoms with Gasteiger partial charge in [-0.05, 0) is 24.1 Å². The van der Waals surface area contributed by atoms with Gasteiger partial charge in [-0.3, -0.25) is 0 Å². The van der Waals surface area contributed by atoms with Crippen LogP contribution >= 0.6 is 12.2 Å². The molecule has 0 unspecified atom stereocenters. The molecule has 0 N–H and O–H groups in total. The fourth-order valence-corrected chi connectivity index (χ4v) is 1.58. The average molecular weight is 186 g/mol. The highest BCUT2D eigenvalue weighted by Crippen LogP contribution is 2.15. The number of hydrogen-bond donors (Lipinski definition) is 0. The van der Waals surface area contributed by atoms with E-state index in [2.05, 4.69) is 13.8 Å². The molecule has 1 atom stereocenters. The molecule has 0 fully saturated rings. The molecule has 0 aromatic rings. The van der Waals surface area contributed by atoms with Crippen LogP contribution < -0.4 is 0 Å². The summed E-state index contributed by atoms with van der Waals surface area (Å²) in [5.74, 6) is 0.926. The summed E-state index contributed by atoms with van der Waals surface area (Å²) in [6, 6.07) is 0. The van der Waals surface area contributed by atoms with Crippen LogP contribution in [0, 0.1) is 5.92 Å². The first-order valence-corrected chi connectivity index (χ1v) is 5.72. The second-order valence-corrected chi connectivity index (χ2v) is 4.03. The molecule has 0 aromatic heterocycles. The van der Waals surface area contributed by atoms with E-state index in [4.69, 9.17) is 12.2 Å². The molecule has 0 amide bonds. The summed E-state index contributed by atoms with van der Waals surface area (Å²) >= 11 is 4.78. The molecule has 0 saturated heterocycles. The first-order chi connectivity index (χ1) is 5.81. The smallest absolute Gasteiger partial charge is 0.0210 e. The fraction of sp³-hybridized carbons (Fsp3) is 0.909. The molecule has 0 aliphatic heterocycles. The monoisotopic (exact) mass is 186 g/mol. The molecule has 0 aromatic carbocycles. The first kappa shape index (κ1) is 12.1. The first-order valence-electron chi connectivity index (χ1n) is 5.24. The van der Waals surface area contributed by atoms with Crippen LogP contribution in [0.2, 0.25) is 0 Å². The molecule has 0 nitrogen and oxygen atoms in total. The Hall–Kier alpha value is 0.0900. The topological polar surface area (TPSA) is 0 Å². The molecular weight excluding hydrogens is 164 g/mol. The van der Waals surface area contributed by atoms with Crippen molar-refractivity contribution >= 4 is 17.6 Å². The van der Waals surface area contributed by atoms with Crippen molar-refractivity contribution in [2.24, 2.45) is 5.92 Å². The predicted molar refractivity (Wildman–Crippen MR) is 60.8 cm³/mol. The molecule has 0 aliphatic carbocycles. The van der Waals surface area contributed by atoms with Crippen LogP contribution in [0.5, 0.6) is 0 Å². The maximum absolute atomic E-state index is 4.78. The second-order valence-electron chi connectivity index (χ2n) is 3.70. The van der Waals surface area contributed by atoms with Crippen molar-refractivity contribution in [3.8, 4) is 0 Å². The van der Waals surface area contributed by atoms with E-state index < -0.39 is 0 Å². The van der Waals surface area contributed by atoms with E-state index >= 15 is 0 Å². The molecule has 0 aliphatic rings. The molecule has 0 saturated carbocycles. The third kappa shape index (κ3) is 8.19. The van der Waals surface area contributed by atoms with Crippen molar-refractivity contribution in [2.75, 3.05) is 0 Å². The Kier molecular flexibility index (Phi) is 9.25. The van der Waals surface area contributed by atoms with Gasteiger partial charge in [0.1, 0.15) is 0 Å². The van der Waals surface area contributed by atoms with E-state index in [-0.39, 0.29) is 0 Å². The minimum Gasteiger partial charge on any atom is -0.0935 e. The maximum Gasteiger partial charge on any atom is -0.0210 e. The number of unbranched alkanes of at least 4 members (excludes halogenated alkanes) is 3. The Morgan fingerprint density at radius 3 is 2.42 bits per heavy atom. The van der Waals surface area contributed by atoms with Gasteiger partial charge in [-0.25, -0.2) is 0 Å². The highest BCUT2D eigenvalue weighted by atomic mass is 32.1. The van der Waals surface area contributed by atoms with Gasteiger partial charge in [-0.2, -0.15) is 0 Å². The third-order valence-electron chi connectivity index (χ3n) is 2.32. The van der Waals surface area contributed by atoms with Crippen molar-refractivity contribution in [1.29, 1.82) is 0 Å². The Bertz CT molecular complexity index is 99.2. The van der Waals surface area contributed by atoms with Gasteiger partial charge in [0.05, 0.1) is 0 Å². The third-order valence-corrected chi connectivity index (χ3v) is 2.56. The summed E-state index contributed by atoms with van der Waals surface area (Å²) in [7, 11) is 0. The van der Waals surface area contributed by atoms with Crippen molar-refractivity contribution in [3.63, 3.8) is 0 Å². The zero-order chi connectivity index (χ0) is 9.23. The van der Waals surface area contributed by atoms with Crippen LogP contribution in [0.3, 0.4) is 0 Å². The van der Waals surface area contributed by atoms with Crippen LogP contribution in [0.25, 0.3) is 0 Å². The Morgan fingerprint density at radius 2 is 1.83 bits per heavy atom. The van der Waals surface area contributed by atoms with E-state index in [1.54, 1.807) is 0 Å². The number of hydrogen-bond acceptors (Lipinski definition) is 1. The van der Waals surface area contributed by atoms with Gasteiger partial charge in [-0.1, -0.05) is 58.2 Å². The van der Waals surface area contributed by atoms with E-state index in [0.29, 0.717) is 0 Å². The van der Waals surface area contributed by atoms with Gasteiger partial charge in [-0.15, -0.1) is 0 Å². The molecule has 1 heteroatoms. The van der Waals surface area contributed by atoms with Gasteiger partial charge in [0.15, 0.2) is 0 Å². The molecule has 0 heterocycles. The second kappa shape index (κ2) is 9.18. The standard InChI is InChI=1S/C11H22S/c1-3-4-8-11(2)9-6-5-7-10-12/h10-11H,3-9H2,1-2H3/t11-/m1/s1. The minimum atomic E-state index is 0.926. The average Bonchev–Trinajstić information content (AvgIpc) is 2.09. The van der Waals surface area contributed by atoms with Gasteiger partial charge in [0.2, 0.25) is 0 Å².